The van der Waals surface area contributed by atoms with Crippen molar-refractivity contribution in [1.29, 1.82) is 0 Å². The molecule has 0 bridgehead atoms. The lowest BCUT2D eigenvalue weighted by Gasteiger charge is -2.04. The van der Waals surface area contributed by atoms with E-state index in [1.54, 1.807) is 0 Å². The van der Waals surface area contributed by atoms with Crippen molar-refractivity contribution in [3.63, 3.8) is 0 Å². The van der Waals surface area contributed by atoms with Gasteiger partial charge < -0.3 is 13.7 Å². The van der Waals surface area contributed by atoms with E-state index in [1.807, 2.05) is 0 Å². The number of hydrogen-bond donors (Lipinski definition) is 1. The van der Waals surface area contributed by atoms with E-state index >= 15 is 0 Å². The molecule has 0 fully saturated rings. The molecule has 1 N–H and O–H groups in total. The van der Waals surface area contributed by atoms with Crippen LogP contribution < -0.4 is 4.18 Å². The normalized spacial score (nSPS) is 11.8. The molecule has 0 heterocycles. The van der Waals surface area contributed by atoms with Crippen LogP contribution in [0.5, 0.6) is 5.75 Å². The minimum atomic E-state index is -4.55. The highest BCUT2D eigenvalue weighted by molar-refractivity contribution is 7.81. The molecule has 0 atom stereocenters. The predicted molar refractivity (Wildman–Crippen MR) is 65.6 cm³/mol. The highest BCUT2D eigenvalue weighted by Crippen LogP contribution is 2.16. The summed E-state index contributed by atoms with van der Waals surface area (Å²) in [5.74, 6) is -0.705. The Morgan fingerprint density at radius 1 is 1.16 bits per heavy atom. The molecule has 0 aromatic heterocycles. The van der Waals surface area contributed by atoms with Crippen molar-refractivity contribution in [2.24, 2.45) is 0 Å². The van der Waals surface area contributed by atoms with Gasteiger partial charge in [0, 0.05) is 0 Å². The quantitative estimate of drug-likeness (QED) is 0.374. The summed E-state index contributed by atoms with van der Waals surface area (Å²) < 4.78 is 43.0. The SMILES string of the molecule is COC(=O)/C(=C/c1ccc(OS(=O)(=O)O)cc1)OC. The fourth-order valence-electron chi connectivity index (χ4n) is 1.19. The summed E-state index contributed by atoms with van der Waals surface area (Å²) in [7, 11) is -2.01. The lowest BCUT2D eigenvalue weighted by Crippen LogP contribution is -2.07. The zero-order valence-electron chi connectivity index (χ0n) is 10.2. The predicted octanol–water partition coefficient (Wildman–Crippen LogP) is 1.03. The van der Waals surface area contributed by atoms with Crippen LogP contribution in [0.1, 0.15) is 5.56 Å². The average molecular weight is 288 g/mol. The Morgan fingerprint density at radius 3 is 2.16 bits per heavy atom. The lowest BCUT2D eigenvalue weighted by molar-refractivity contribution is -0.139. The van der Waals surface area contributed by atoms with Gasteiger partial charge in [-0.25, -0.2) is 4.79 Å². The Bertz CT molecular complexity index is 572. The summed E-state index contributed by atoms with van der Waals surface area (Å²) in [6.07, 6.45) is 1.41. The van der Waals surface area contributed by atoms with Gasteiger partial charge in [0.2, 0.25) is 5.76 Å². The van der Waals surface area contributed by atoms with Crippen LogP contribution in [0.4, 0.5) is 0 Å². The number of benzene rings is 1. The molecule has 1 rings (SSSR count). The molecule has 0 spiro atoms. The van der Waals surface area contributed by atoms with E-state index in [2.05, 4.69) is 8.92 Å². The largest absolute Gasteiger partial charge is 0.490 e. The molecule has 0 amide bonds. The van der Waals surface area contributed by atoms with Gasteiger partial charge in [-0.05, 0) is 23.8 Å². The molecule has 0 aliphatic carbocycles. The van der Waals surface area contributed by atoms with Crippen molar-refractivity contribution in [1.82, 2.24) is 0 Å². The molecule has 0 saturated carbocycles. The molecule has 0 unspecified atom stereocenters. The first-order valence-corrected chi connectivity index (χ1v) is 6.33. The van der Waals surface area contributed by atoms with Gasteiger partial charge in [0.05, 0.1) is 14.2 Å². The number of methoxy groups -OCH3 is 2. The van der Waals surface area contributed by atoms with Crippen LogP contribution in [0.15, 0.2) is 30.0 Å². The summed E-state index contributed by atoms with van der Waals surface area (Å²) in [6, 6.07) is 5.57. The van der Waals surface area contributed by atoms with E-state index in [-0.39, 0.29) is 11.5 Å². The van der Waals surface area contributed by atoms with E-state index < -0.39 is 16.4 Å². The Morgan fingerprint density at radius 2 is 1.74 bits per heavy atom. The van der Waals surface area contributed by atoms with E-state index in [0.717, 1.165) is 0 Å². The molecule has 7 nitrogen and oxygen atoms in total. The van der Waals surface area contributed by atoms with E-state index in [4.69, 9.17) is 9.29 Å². The number of esters is 1. The number of rotatable bonds is 5. The molecular weight excluding hydrogens is 276 g/mol. The van der Waals surface area contributed by atoms with Gasteiger partial charge >= 0.3 is 16.4 Å². The number of hydrogen-bond acceptors (Lipinski definition) is 6. The molecule has 0 radical (unpaired) electrons. The Hall–Kier alpha value is -2.06. The van der Waals surface area contributed by atoms with Crippen LogP contribution in [0, 0.1) is 0 Å². The summed E-state index contributed by atoms with van der Waals surface area (Å²) in [4.78, 5) is 11.2. The zero-order valence-corrected chi connectivity index (χ0v) is 11.0. The maximum atomic E-state index is 11.2. The summed E-state index contributed by atoms with van der Waals surface area (Å²) in [6.45, 7) is 0. The van der Waals surface area contributed by atoms with Crippen LogP contribution in [-0.2, 0) is 24.7 Å². The van der Waals surface area contributed by atoms with Crippen LogP contribution >= 0.6 is 0 Å². The van der Waals surface area contributed by atoms with Crippen LogP contribution in [0.25, 0.3) is 6.08 Å². The maximum Gasteiger partial charge on any atom is 0.446 e. The first-order chi connectivity index (χ1) is 8.85. The maximum absolute atomic E-state index is 11.2. The van der Waals surface area contributed by atoms with Gasteiger partial charge in [0.15, 0.2) is 0 Å². The van der Waals surface area contributed by atoms with Gasteiger partial charge in [-0.15, -0.1) is 0 Å². The molecule has 1 aromatic rings. The first kappa shape index (κ1) is 15.0. The molecule has 0 aliphatic rings. The molecule has 104 valence electrons. The minimum Gasteiger partial charge on any atom is -0.490 e. The smallest absolute Gasteiger partial charge is 0.446 e. The second kappa shape index (κ2) is 6.21. The zero-order chi connectivity index (χ0) is 14.5. The molecule has 0 aliphatic heterocycles. The third-order valence-electron chi connectivity index (χ3n) is 1.99. The van der Waals surface area contributed by atoms with Crippen LogP contribution in [0.2, 0.25) is 0 Å². The first-order valence-electron chi connectivity index (χ1n) is 4.96. The van der Waals surface area contributed by atoms with E-state index in [9.17, 15) is 13.2 Å². The van der Waals surface area contributed by atoms with Crippen molar-refractivity contribution in [2.45, 2.75) is 0 Å². The van der Waals surface area contributed by atoms with Gasteiger partial charge in [0.25, 0.3) is 0 Å². The standard InChI is InChI=1S/C11H12O7S/c1-16-10(11(12)17-2)7-8-3-5-9(6-4-8)18-19(13,14)15/h3-7H,1-2H3,(H,13,14,15)/b10-7-. The fourth-order valence-corrected chi connectivity index (χ4v) is 1.55. The highest BCUT2D eigenvalue weighted by Gasteiger charge is 2.10. The second-order valence-electron chi connectivity index (χ2n) is 3.28. The van der Waals surface area contributed by atoms with Crippen molar-refractivity contribution in [3.8, 4) is 5.75 Å². The summed E-state index contributed by atoms with van der Waals surface area (Å²) in [5.41, 5.74) is 0.560. The number of carbonyl (C=O) groups excluding carboxylic acids is 1. The van der Waals surface area contributed by atoms with Gasteiger partial charge in [-0.1, -0.05) is 12.1 Å². The average Bonchev–Trinajstić information content (AvgIpc) is 2.35. The van der Waals surface area contributed by atoms with E-state index in [0.29, 0.717) is 5.56 Å². The summed E-state index contributed by atoms with van der Waals surface area (Å²) >= 11 is 0. The molecule has 0 saturated heterocycles. The Labute approximate surface area is 110 Å². The number of carbonyl (C=O) groups is 1. The van der Waals surface area contributed by atoms with E-state index in [1.165, 1.54) is 44.6 Å². The fraction of sp³-hybridized carbons (Fsp3) is 0.182. The topological polar surface area (TPSA) is 99.1 Å². The third kappa shape index (κ3) is 4.98. The number of ether oxygens (including phenoxy) is 2. The van der Waals surface area contributed by atoms with Crippen LogP contribution in [0.3, 0.4) is 0 Å². The Balaban J connectivity index is 2.93. The molecular formula is C11H12O7S. The minimum absolute atomic E-state index is 0.00838. The molecule has 1 aromatic carbocycles. The second-order valence-corrected chi connectivity index (χ2v) is 4.31. The monoisotopic (exact) mass is 288 g/mol. The molecule has 19 heavy (non-hydrogen) atoms. The summed E-state index contributed by atoms with van der Waals surface area (Å²) in [5, 5.41) is 0. The third-order valence-corrected chi connectivity index (χ3v) is 2.39. The van der Waals surface area contributed by atoms with Crippen molar-refractivity contribution >= 4 is 22.4 Å². The van der Waals surface area contributed by atoms with Gasteiger partial charge in [-0.3, -0.25) is 4.55 Å². The lowest BCUT2D eigenvalue weighted by atomic mass is 10.2. The van der Waals surface area contributed by atoms with Crippen molar-refractivity contribution in [3.05, 3.63) is 35.6 Å². The van der Waals surface area contributed by atoms with Crippen molar-refractivity contribution < 1.29 is 31.4 Å². The highest BCUT2D eigenvalue weighted by atomic mass is 32.3. The Kier molecular flexibility index (Phi) is 4.90. The van der Waals surface area contributed by atoms with Gasteiger partial charge in [-0.2, -0.15) is 8.42 Å². The van der Waals surface area contributed by atoms with Crippen molar-refractivity contribution in [2.75, 3.05) is 14.2 Å². The molecule has 8 heteroatoms. The van der Waals surface area contributed by atoms with Crippen LogP contribution in [-0.4, -0.2) is 33.2 Å². The van der Waals surface area contributed by atoms with Gasteiger partial charge in [0.1, 0.15) is 5.75 Å².